The summed E-state index contributed by atoms with van der Waals surface area (Å²) in [4.78, 5) is 24.3. The topological polar surface area (TPSA) is 55.4 Å². The van der Waals surface area contributed by atoms with E-state index in [0.29, 0.717) is 12.2 Å². The van der Waals surface area contributed by atoms with Crippen molar-refractivity contribution < 1.29 is 14.3 Å². The predicted molar refractivity (Wildman–Crippen MR) is 90.3 cm³/mol. The van der Waals surface area contributed by atoms with Gasteiger partial charge in [-0.2, -0.15) is 0 Å². The minimum atomic E-state index is -0.238. The first-order valence-corrected chi connectivity index (χ1v) is 8.57. The van der Waals surface area contributed by atoms with Crippen molar-refractivity contribution in [2.24, 2.45) is 11.8 Å². The molecule has 1 aliphatic carbocycles. The molecule has 2 rings (SSSR count). The molecule has 1 aromatic carbocycles. The van der Waals surface area contributed by atoms with E-state index in [1.165, 1.54) is 0 Å². The number of hydrogen-bond donors (Lipinski definition) is 1. The predicted octanol–water partition coefficient (Wildman–Crippen LogP) is 3.54. The second-order valence-electron chi connectivity index (χ2n) is 6.49. The summed E-state index contributed by atoms with van der Waals surface area (Å²) in [6.45, 7) is 6.69. The van der Waals surface area contributed by atoms with Gasteiger partial charge in [0.15, 0.2) is 0 Å². The largest absolute Gasteiger partial charge is 0.426 e. The van der Waals surface area contributed by atoms with Crippen LogP contribution in [0.5, 0.6) is 5.75 Å². The molecule has 0 bridgehead atoms. The Morgan fingerprint density at radius 2 is 1.91 bits per heavy atom. The van der Waals surface area contributed by atoms with Crippen LogP contribution in [0.1, 0.15) is 50.2 Å². The van der Waals surface area contributed by atoms with E-state index in [9.17, 15) is 9.59 Å². The highest BCUT2D eigenvalue weighted by atomic mass is 16.5. The fourth-order valence-electron chi connectivity index (χ4n) is 3.01. The zero-order valence-corrected chi connectivity index (χ0v) is 14.4. The first-order chi connectivity index (χ1) is 11.0. The third kappa shape index (κ3) is 4.57. The normalized spacial score (nSPS) is 19.8. The fraction of sp³-hybridized carbons (Fsp3) is 0.579. The highest BCUT2D eigenvalue weighted by Crippen LogP contribution is 2.37. The molecule has 2 unspecified atom stereocenters. The lowest BCUT2D eigenvalue weighted by Crippen LogP contribution is -2.42. The van der Waals surface area contributed by atoms with Gasteiger partial charge in [0.25, 0.3) is 0 Å². The Bertz CT molecular complexity index is 547. The summed E-state index contributed by atoms with van der Waals surface area (Å²) >= 11 is 0. The Hall–Kier alpha value is -1.84. The average molecular weight is 317 g/mol. The van der Waals surface area contributed by atoms with Crippen LogP contribution in [0, 0.1) is 25.7 Å². The standard InChI is InChI=1S/C19H27NO3/c1-4-5-11-20-19(22)16-10-9-15(16)12-17(21)23-18-13(2)7-6-8-14(18)3/h6-8,15-16H,4-5,9-12H2,1-3H3,(H,20,22). The smallest absolute Gasteiger partial charge is 0.311 e. The van der Waals surface area contributed by atoms with Gasteiger partial charge in [-0.05, 0) is 50.2 Å². The number of benzene rings is 1. The minimum absolute atomic E-state index is 0.0302. The number of ether oxygens (including phenoxy) is 1. The Kier molecular flexibility index (Phi) is 6.20. The maximum Gasteiger partial charge on any atom is 0.311 e. The lowest BCUT2D eigenvalue weighted by Gasteiger charge is -2.34. The van der Waals surface area contributed by atoms with E-state index >= 15 is 0 Å². The maximum absolute atomic E-state index is 12.2. The van der Waals surface area contributed by atoms with Gasteiger partial charge in [-0.25, -0.2) is 0 Å². The van der Waals surface area contributed by atoms with E-state index < -0.39 is 0 Å². The lowest BCUT2D eigenvalue weighted by atomic mass is 9.71. The molecule has 1 aliphatic rings. The van der Waals surface area contributed by atoms with Crippen molar-refractivity contribution in [2.45, 2.75) is 52.9 Å². The van der Waals surface area contributed by atoms with E-state index in [0.717, 1.165) is 43.4 Å². The van der Waals surface area contributed by atoms with Crippen LogP contribution in [-0.4, -0.2) is 18.4 Å². The summed E-state index contributed by atoms with van der Waals surface area (Å²) in [5.74, 6) is 0.597. The first-order valence-electron chi connectivity index (χ1n) is 8.57. The average Bonchev–Trinajstić information content (AvgIpc) is 2.48. The van der Waals surface area contributed by atoms with Crippen LogP contribution < -0.4 is 10.1 Å². The number of nitrogens with one attached hydrogen (secondary N) is 1. The van der Waals surface area contributed by atoms with Crippen molar-refractivity contribution in [3.05, 3.63) is 29.3 Å². The molecule has 4 heteroatoms. The molecule has 1 saturated carbocycles. The van der Waals surface area contributed by atoms with Crippen molar-refractivity contribution >= 4 is 11.9 Å². The Labute approximate surface area is 138 Å². The molecule has 0 saturated heterocycles. The molecule has 1 fully saturated rings. The van der Waals surface area contributed by atoms with E-state index in [2.05, 4.69) is 12.2 Å². The van der Waals surface area contributed by atoms with Crippen LogP contribution in [0.3, 0.4) is 0 Å². The zero-order valence-electron chi connectivity index (χ0n) is 14.4. The molecule has 23 heavy (non-hydrogen) atoms. The van der Waals surface area contributed by atoms with Crippen molar-refractivity contribution in [1.82, 2.24) is 5.32 Å². The highest BCUT2D eigenvalue weighted by molar-refractivity contribution is 5.81. The van der Waals surface area contributed by atoms with Crippen LogP contribution in [0.15, 0.2) is 18.2 Å². The number of para-hydroxylation sites is 1. The van der Waals surface area contributed by atoms with Crippen LogP contribution in [0.4, 0.5) is 0 Å². The van der Waals surface area contributed by atoms with E-state index in [-0.39, 0.29) is 23.7 Å². The maximum atomic E-state index is 12.2. The Balaban J connectivity index is 1.85. The second kappa shape index (κ2) is 8.14. The molecule has 0 spiro atoms. The van der Waals surface area contributed by atoms with Crippen molar-refractivity contribution in [2.75, 3.05) is 6.54 Å². The molecule has 2 atom stereocenters. The molecule has 0 heterocycles. The van der Waals surface area contributed by atoms with E-state index in [1.807, 2.05) is 32.0 Å². The van der Waals surface area contributed by atoms with Crippen LogP contribution in [0.2, 0.25) is 0 Å². The monoisotopic (exact) mass is 317 g/mol. The molecule has 126 valence electrons. The number of esters is 1. The zero-order chi connectivity index (χ0) is 16.8. The molecule has 1 aromatic rings. The number of unbranched alkanes of at least 4 members (excludes halogenated alkanes) is 1. The summed E-state index contributed by atoms with van der Waals surface area (Å²) < 4.78 is 5.54. The van der Waals surface area contributed by atoms with Gasteiger partial charge in [0, 0.05) is 18.9 Å². The summed E-state index contributed by atoms with van der Waals surface area (Å²) in [5.41, 5.74) is 1.92. The Morgan fingerprint density at radius 1 is 1.22 bits per heavy atom. The molecule has 0 radical (unpaired) electrons. The summed E-state index contributed by atoms with van der Waals surface area (Å²) in [6, 6.07) is 5.82. The van der Waals surface area contributed by atoms with E-state index in [4.69, 9.17) is 4.74 Å². The van der Waals surface area contributed by atoms with Gasteiger partial charge < -0.3 is 10.1 Å². The van der Waals surface area contributed by atoms with Gasteiger partial charge in [0.1, 0.15) is 5.75 Å². The van der Waals surface area contributed by atoms with Crippen molar-refractivity contribution in [3.8, 4) is 5.75 Å². The first kappa shape index (κ1) is 17.5. The third-order valence-electron chi connectivity index (χ3n) is 4.64. The number of aryl methyl sites for hydroxylation is 2. The van der Waals surface area contributed by atoms with Gasteiger partial charge in [-0.3, -0.25) is 9.59 Å². The summed E-state index contributed by atoms with van der Waals surface area (Å²) in [7, 11) is 0. The lowest BCUT2D eigenvalue weighted by molar-refractivity contribution is -0.139. The number of carbonyl (C=O) groups excluding carboxylic acids is 2. The molecule has 0 aliphatic heterocycles. The SMILES string of the molecule is CCCCNC(=O)C1CCC1CC(=O)Oc1c(C)cccc1C. The molecule has 1 amide bonds. The number of hydrogen-bond acceptors (Lipinski definition) is 3. The van der Waals surface area contributed by atoms with Gasteiger partial charge in [-0.1, -0.05) is 31.5 Å². The van der Waals surface area contributed by atoms with Crippen LogP contribution >= 0.6 is 0 Å². The number of carbonyl (C=O) groups is 2. The molecule has 4 nitrogen and oxygen atoms in total. The molecular formula is C19H27NO3. The summed E-state index contributed by atoms with van der Waals surface area (Å²) in [5, 5.41) is 2.97. The highest BCUT2D eigenvalue weighted by Gasteiger charge is 2.38. The quantitative estimate of drug-likeness (QED) is 0.475. The van der Waals surface area contributed by atoms with Crippen molar-refractivity contribution in [3.63, 3.8) is 0 Å². The Morgan fingerprint density at radius 3 is 2.48 bits per heavy atom. The third-order valence-corrected chi connectivity index (χ3v) is 4.64. The molecule has 0 aromatic heterocycles. The number of rotatable bonds is 7. The molecular weight excluding hydrogens is 290 g/mol. The fourth-order valence-corrected chi connectivity index (χ4v) is 3.01. The van der Waals surface area contributed by atoms with Gasteiger partial charge in [0.05, 0.1) is 0 Å². The van der Waals surface area contributed by atoms with Crippen molar-refractivity contribution in [1.29, 1.82) is 0 Å². The van der Waals surface area contributed by atoms with Gasteiger partial charge >= 0.3 is 5.97 Å². The van der Waals surface area contributed by atoms with E-state index in [1.54, 1.807) is 0 Å². The van der Waals surface area contributed by atoms with Crippen LogP contribution in [0.25, 0.3) is 0 Å². The minimum Gasteiger partial charge on any atom is -0.426 e. The number of amides is 1. The van der Waals surface area contributed by atoms with Gasteiger partial charge in [-0.15, -0.1) is 0 Å². The van der Waals surface area contributed by atoms with Gasteiger partial charge in [0.2, 0.25) is 5.91 Å². The second-order valence-corrected chi connectivity index (χ2v) is 6.49. The summed E-state index contributed by atoms with van der Waals surface area (Å²) in [6.07, 6.45) is 4.18. The van der Waals surface area contributed by atoms with Crippen LogP contribution in [-0.2, 0) is 9.59 Å². The molecule has 1 N–H and O–H groups in total.